The lowest BCUT2D eigenvalue weighted by Crippen LogP contribution is -3.00. The highest BCUT2D eigenvalue weighted by Crippen LogP contribution is 2.41. The topological polar surface area (TPSA) is 11.3 Å². The number of benzene rings is 3. The molecular formula is C25H19IO. The van der Waals surface area contributed by atoms with E-state index in [0.717, 1.165) is 29.9 Å². The Balaban J connectivity index is 0.00000180. The number of hydrogen-bond acceptors (Lipinski definition) is 0. The first kappa shape index (κ1) is 17.9. The summed E-state index contributed by atoms with van der Waals surface area (Å²) in [5.41, 5.74) is 7.54. The van der Waals surface area contributed by atoms with Crippen LogP contribution in [0.15, 0.2) is 95.4 Å². The number of fused-ring (bicyclic) bond motifs is 3. The SMILES string of the molecule is [I-].c1ccc(-c2cc(-c3ccccc3)c3c([o+]2)-c2ccccc2CC3)cc1. The largest absolute Gasteiger partial charge is 1.00 e. The van der Waals surface area contributed by atoms with E-state index in [-0.39, 0.29) is 24.0 Å². The minimum absolute atomic E-state index is 0. The third kappa shape index (κ3) is 3.30. The molecule has 1 aromatic heterocycles. The van der Waals surface area contributed by atoms with Gasteiger partial charge in [-0.1, -0.05) is 66.7 Å². The molecule has 1 aliphatic carbocycles. The molecule has 1 aliphatic rings. The Kier molecular flexibility index (Phi) is 5.08. The van der Waals surface area contributed by atoms with Gasteiger partial charge in [0.25, 0.3) is 0 Å². The first-order valence-corrected chi connectivity index (χ1v) is 9.09. The summed E-state index contributed by atoms with van der Waals surface area (Å²) in [7, 11) is 0. The van der Waals surface area contributed by atoms with Crippen LogP contribution in [-0.4, -0.2) is 0 Å². The lowest BCUT2D eigenvalue weighted by Gasteiger charge is -2.16. The van der Waals surface area contributed by atoms with Crippen molar-refractivity contribution in [1.29, 1.82) is 0 Å². The Morgan fingerprint density at radius 1 is 0.593 bits per heavy atom. The molecule has 0 saturated carbocycles. The summed E-state index contributed by atoms with van der Waals surface area (Å²) >= 11 is 0. The van der Waals surface area contributed by atoms with Gasteiger partial charge < -0.3 is 24.0 Å². The molecule has 0 atom stereocenters. The monoisotopic (exact) mass is 462 g/mol. The van der Waals surface area contributed by atoms with Crippen LogP contribution in [0.2, 0.25) is 0 Å². The highest BCUT2D eigenvalue weighted by molar-refractivity contribution is 5.81. The Morgan fingerprint density at radius 2 is 1.22 bits per heavy atom. The smallest absolute Gasteiger partial charge is 0.364 e. The molecule has 0 N–H and O–H groups in total. The van der Waals surface area contributed by atoms with E-state index in [0.29, 0.717) is 0 Å². The summed E-state index contributed by atoms with van der Waals surface area (Å²) in [5.74, 6) is 1.94. The molecule has 1 nitrogen and oxygen atoms in total. The van der Waals surface area contributed by atoms with Crippen molar-refractivity contribution >= 4 is 0 Å². The average Bonchev–Trinajstić information content (AvgIpc) is 2.74. The van der Waals surface area contributed by atoms with Crippen molar-refractivity contribution in [3.63, 3.8) is 0 Å². The van der Waals surface area contributed by atoms with Crippen molar-refractivity contribution in [2.75, 3.05) is 0 Å². The zero-order valence-corrected chi connectivity index (χ0v) is 17.0. The van der Waals surface area contributed by atoms with E-state index in [9.17, 15) is 0 Å². The van der Waals surface area contributed by atoms with Crippen LogP contribution in [0.25, 0.3) is 33.8 Å². The molecule has 0 spiro atoms. The first-order valence-electron chi connectivity index (χ1n) is 9.09. The van der Waals surface area contributed by atoms with Crippen LogP contribution in [0.3, 0.4) is 0 Å². The average molecular weight is 462 g/mol. The molecule has 2 heteroatoms. The van der Waals surface area contributed by atoms with Gasteiger partial charge in [-0.25, -0.2) is 4.42 Å². The van der Waals surface area contributed by atoms with Gasteiger partial charge in [-0.2, -0.15) is 0 Å². The van der Waals surface area contributed by atoms with Crippen LogP contribution < -0.4 is 24.0 Å². The molecule has 3 aromatic carbocycles. The maximum absolute atomic E-state index is 6.47. The van der Waals surface area contributed by atoms with E-state index in [1.165, 1.54) is 27.8 Å². The minimum Gasteiger partial charge on any atom is -1.00 e. The number of rotatable bonds is 2. The molecular weight excluding hydrogens is 443 g/mol. The van der Waals surface area contributed by atoms with E-state index in [1.807, 2.05) is 6.07 Å². The van der Waals surface area contributed by atoms with E-state index in [2.05, 4.69) is 84.9 Å². The lowest BCUT2D eigenvalue weighted by atomic mass is 9.85. The van der Waals surface area contributed by atoms with E-state index in [1.54, 1.807) is 0 Å². The fraction of sp³-hybridized carbons (Fsp3) is 0.0800. The van der Waals surface area contributed by atoms with Gasteiger partial charge >= 0.3 is 11.5 Å². The van der Waals surface area contributed by atoms with E-state index >= 15 is 0 Å². The number of halogens is 1. The third-order valence-corrected chi connectivity index (χ3v) is 5.14. The molecule has 0 unspecified atom stereocenters. The Morgan fingerprint density at radius 3 is 1.96 bits per heavy atom. The standard InChI is InChI=1S/C25H19O.HI/c1-3-9-18(10-4-1)23-17-24(20-12-5-2-6-13-20)26-25-21-14-8-7-11-19(21)15-16-22(23)25;/h1-14,17H,15-16H2;1H/q+1;/p-1. The van der Waals surface area contributed by atoms with Crippen molar-refractivity contribution in [3.05, 3.63) is 102 Å². The van der Waals surface area contributed by atoms with Crippen molar-refractivity contribution in [2.45, 2.75) is 12.8 Å². The molecule has 1 heterocycles. The molecule has 27 heavy (non-hydrogen) atoms. The van der Waals surface area contributed by atoms with Gasteiger partial charge in [0.1, 0.15) is 0 Å². The van der Waals surface area contributed by atoms with Gasteiger partial charge in [-0.05, 0) is 42.2 Å². The second-order valence-electron chi connectivity index (χ2n) is 6.72. The number of hydrogen-bond donors (Lipinski definition) is 0. The molecule has 0 fully saturated rings. The maximum Gasteiger partial charge on any atom is 0.364 e. The van der Waals surface area contributed by atoms with Crippen LogP contribution in [0.4, 0.5) is 0 Å². The summed E-state index contributed by atoms with van der Waals surface area (Å²) in [6.07, 6.45) is 2.07. The van der Waals surface area contributed by atoms with Gasteiger partial charge in [0.05, 0.1) is 22.8 Å². The fourth-order valence-corrected chi connectivity index (χ4v) is 3.85. The van der Waals surface area contributed by atoms with Gasteiger partial charge in [0, 0.05) is 5.56 Å². The molecule has 0 saturated heterocycles. The number of aryl methyl sites for hydroxylation is 1. The Bertz CT molecular complexity index is 1050. The summed E-state index contributed by atoms with van der Waals surface area (Å²) in [6, 6.07) is 31.8. The first-order chi connectivity index (χ1) is 12.9. The van der Waals surface area contributed by atoms with Crippen molar-refractivity contribution in [2.24, 2.45) is 0 Å². The third-order valence-electron chi connectivity index (χ3n) is 5.14. The van der Waals surface area contributed by atoms with Crippen LogP contribution >= 0.6 is 0 Å². The maximum atomic E-state index is 6.47. The van der Waals surface area contributed by atoms with Crippen LogP contribution in [0, 0.1) is 0 Å². The van der Waals surface area contributed by atoms with Crippen molar-refractivity contribution < 1.29 is 28.4 Å². The van der Waals surface area contributed by atoms with E-state index < -0.39 is 0 Å². The lowest BCUT2D eigenvalue weighted by molar-refractivity contribution is -0.00000546. The predicted molar refractivity (Wildman–Crippen MR) is 107 cm³/mol. The molecule has 4 aromatic rings. The molecule has 5 rings (SSSR count). The van der Waals surface area contributed by atoms with Crippen LogP contribution in [0.5, 0.6) is 0 Å². The highest BCUT2D eigenvalue weighted by atomic mass is 127. The van der Waals surface area contributed by atoms with Gasteiger partial charge in [-0.15, -0.1) is 0 Å². The fourth-order valence-electron chi connectivity index (χ4n) is 3.85. The predicted octanol–water partition coefficient (Wildman–Crippen LogP) is 3.66. The summed E-state index contributed by atoms with van der Waals surface area (Å²) in [4.78, 5) is 0. The summed E-state index contributed by atoms with van der Waals surface area (Å²) < 4.78 is 6.47. The highest BCUT2D eigenvalue weighted by Gasteiger charge is 2.31. The Hall–Kier alpha value is -2.46. The second-order valence-corrected chi connectivity index (χ2v) is 6.72. The van der Waals surface area contributed by atoms with E-state index in [4.69, 9.17) is 4.42 Å². The quantitative estimate of drug-likeness (QED) is 0.327. The molecule has 132 valence electrons. The molecule has 0 bridgehead atoms. The zero-order valence-electron chi connectivity index (χ0n) is 14.9. The zero-order chi connectivity index (χ0) is 17.3. The van der Waals surface area contributed by atoms with Gasteiger partial charge in [0.2, 0.25) is 0 Å². The van der Waals surface area contributed by atoms with Gasteiger partial charge in [0.15, 0.2) is 0 Å². The molecule has 0 aliphatic heterocycles. The van der Waals surface area contributed by atoms with Crippen LogP contribution in [0.1, 0.15) is 11.1 Å². The normalized spacial score (nSPS) is 11.9. The molecule has 0 radical (unpaired) electrons. The van der Waals surface area contributed by atoms with Gasteiger partial charge in [-0.3, -0.25) is 0 Å². The summed E-state index contributed by atoms with van der Waals surface area (Å²) in [5, 5.41) is 0. The van der Waals surface area contributed by atoms with Crippen molar-refractivity contribution in [1.82, 2.24) is 0 Å². The van der Waals surface area contributed by atoms with Crippen molar-refractivity contribution in [3.8, 4) is 33.8 Å². The van der Waals surface area contributed by atoms with Crippen LogP contribution in [-0.2, 0) is 12.8 Å². The minimum atomic E-state index is 0. The second kappa shape index (κ2) is 7.65. The summed E-state index contributed by atoms with van der Waals surface area (Å²) in [6.45, 7) is 0. The molecule has 0 amide bonds. The Labute approximate surface area is 176 Å².